The van der Waals surface area contributed by atoms with Crippen LogP contribution in [-0.2, 0) is 34.2 Å². The van der Waals surface area contributed by atoms with Crippen molar-refractivity contribution in [2.45, 2.75) is 31.2 Å². The van der Waals surface area contributed by atoms with Gasteiger partial charge in [-0.2, -0.15) is 13.5 Å². The maximum Gasteiger partial charge on any atom is 0.284 e. The second kappa shape index (κ2) is 9.89. The van der Waals surface area contributed by atoms with Gasteiger partial charge in [0.25, 0.3) is 10.0 Å². The van der Waals surface area contributed by atoms with E-state index < -0.39 is 10.0 Å². The first-order valence-corrected chi connectivity index (χ1v) is 14.9. The highest BCUT2D eigenvalue weighted by Crippen LogP contribution is 2.35. The number of fused-ring (bicyclic) bond motifs is 3. The van der Waals surface area contributed by atoms with Gasteiger partial charge in [0.05, 0.1) is 28.6 Å². The fraction of sp³-hybridized carbons (Fsp3) is 0.207. The number of hydrogen-bond acceptors (Lipinski definition) is 5. The van der Waals surface area contributed by atoms with Crippen LogP contribution < -0.4 is 0 Å². The number of rotatable bonds is 5. The third kappa shape index (κ3) is 4.68. The van der Waals surface area contributed by atoms with Crippen molar-refractivity contribution in [3.8, 4) is 16.9 Å². The number of carbonyl (C=O) groups excluding carboxylic acids is 1. The van der Waals surface area contributed by atoms with Crippen LogP contribution in [0.5, 0.6) is 0 Å². The Morgan fingerprint density at radius 2 is 1.68 bits per heavy atom. The van der Waals surface area contributed by atoms with E-state index in [2.05, 4.69) is 29.5 Å². The molecule has 0 N–H and O–H groups in total. The Labute approximate surface area is 226 Å². The largest absolute Gasteiger partial charge is 0.339 e. The van der Waals surface area contributed by atoms with Gasteiger partial charge in [-0.15, -0.1) is 4.40 Å². The zero-order valence-electron chi connectivity index (χ0n) is 20.9. The summed E-state index contributed by atoms with van der Waals surface area (Å²) in [6.45, 7) is 2.61. The second-order valence-electron chi connectivity index (χ2n) is 9.49. The molecule has 1 aromatic heterocycles. The summed E-state index contributed by atoms with van der Waals surface area (Å²) < 4.78 is 32.6. The highest BCUT2D eigenvalue weighted by atomic mass is 32.2. The van der Waals surface area contributed by atoms with E-state index >= 15 is 0 Å². The van der Waals surface area contributed by atoms with Gasteiger partial charge in [0, 0.05) is 23.4 Å². The highest BCUT2D eigenvalue weighted by molar-refractivity contribution is 8.15. The fourth-order valence-electron chi connectivity index (χ4n) is 5.02. The lowest BCUT2D eigenvalue weighted by atomic mass is 9.89. The van der Waals surface area contributed by atoms with Crippen LogP contribution in [0.3, 0.4) is 0 Å². The van der Waals surface area contributed by atoms with Crippen LogP contribution >= 0.6 is 11.8 Å². The summed E-state index contributed by atoms with van der Waals surface area (Å²) in [6.07, 6.45) is 1.92. The van der Waals surface area contributed by atoms with Gasteiger partial charge in [0.15, 0.2) is 11.0 Å². The minimum absolute atomic E-state index is 0.0477. The molecule has 0 bridgehead atoms. The molecule has 6 rings (SSSR count). The van der Waals surface area contributed by atoms with E-state index in [4.69, 9.17) is 5.10 Å². The third-order valence-corrected chi connectivity index (χ3v) is 9.42. The highest BCUT2D eigenvalue weighted by Gasteiger charge is 2.27. The van der Waals surface area contributed by atoms with Gasteiger partial charge in [-0.3, -0.25) is 4.79 Å². The van der Waals surface area contributed by atoms with E-state index in [0.29, 0.717) is 11.7 Å². The molecule has 1 saturated heterocycles. The Kier molecular flexibility index (Phi) is 6.41. The minimum atomic E-state index is -3.97. The molecule has 0 amide bonds. The smallest absolute Gasteiger partial charge is 0.284 e. The van der Waals surface area contributed by atoms with Gasteiger partial charge < -0.3 is 4.90 Å². The lowest BCUT2D eigenvalue weighted by Gasteiger charge is -2.28. The quantitative estimate of drug-likeness (QED) is 0.360. The molecule has 0 spiro atoms. The number of Topliss-reactive ketones (excluding diaryl/α,β-unsaturated/α-hetero) is 1. The Morgan fingerprint density at radius 1 is 0.947 bits per heavy atom. The first-order chi connectivity index (χ1) is 18.4. The molecule has 7 nitrogen and oxygen atoms in total. The van der Waals surface area contributed by atoms with Crippen LogP contribution in [0.2, 0.25) is 0 Å². The number of sulfonamides is 1. The van der Waals surface area contributed by atoms with Gasteiger partial charge in [-0.25, -0.2) is 4.68 Å². The molecule has 38 heavy (non-hydrogen) atoms. The van der Waals surface area contributed by atoms with Crippen molar-refractivity contribution in [1.29, 1.82) is 0 Å². The van der Waals surface area contributed by atoms with Crippen LogP contribution in [0, 0.1) is 6.92 Å². The van der Waals surface area contributed by atoms with Crippen LogP contribution in [0.25, 0.3) is 16.9 Å². The Balaban J connectivity index is 1.28. The van der Waals surface area contributed by atoms with Gasteiger partial charge in [-0.1, -0.05) is 66.4 Å². The van der Waals surface area contributed by atoms with Crippen molar-refractivity contribution in [2.75, 3.05) is 12.3 Å². The van der Waals surface area contributed by atoms with E-state index in [1.54, 1.807) is 29.2 Å². The SMILES string of the molecule is Cc1c2c(nn1-c1ccc(S(=O)(=O)N=C3SCC(=O)CN3Cc3ccccc3)cc1)-c1ccccc1CC2. The van der Waals surface area contributed by atoms with Gasteiger partial charge in [0.2, 0.25) is 0 Å². The predicted octanol–water partition coefficient (Wildman–Crippen LogP) is 4.81. The average molecular weight is 543 g/mol. The molecule has 1 aliphatic carbocycles. The molecular formula is C29H26N4O3S2. The van der Waals surface area contributed by atoms with Gasteiger partial charge in [0.1, 0.15) is 0 Å². The van der Waals surface area contributed by atoms with Gasteiger partial charge in [-0.05, 0) is 55.2 Å². The lowest BCUT2D eigenvalue weighted by Crippen LogP contribution is -2.39. The first-order valence-electron chi connectivity index (χ1n) is 12.4. The molecule has 3 aromatic carbocycles. The molecule has 2 heterocycles. The Hall–Kier alpha value is -3.69. The Bertz CT molecular complexity index is 1660. The summed E-state index contributed by atoms with van der Waals surface area (Å²) in [5.74, 6) is 0.261. The maximum absolute atomic E-state index is 13.3. The zero-order valence-corrected chi connectivity index (χ0v) is 22.5. The summed E-state index contributed by atoms with van der Waals surface area (Å²) in [5, 5.41) is 5.24. The number of thioether (sulfide) groups is 1. The molecule has 1 aliphatic heterocycles. The zero-order chi connectivity index (χ0) is 26.3. The number of hydrogen-bond donors (Lipinski definition) is 0. The van der Waals surface area contributed by atoms with Crippen LogP contribution in [0.15, 0.2) is 88.2 Å². The molecule has 0 unspecified atom stereocenters. The standard InChI is InChI=1S/C29H26N4O3S2/c1-20-26-16-11-22-9-5-6-10-27(22)28(26)30-33(20)23-12-14-25(15-13-23)38(35,36)31-29-32(18-24(34)19-37-29)17-21-7-3-2-4-8-21/h2-10,12-15H,11,16-19H2,1H3. The Morgan fingerprint density at radius 3 is 2.47 bits per heavy atom. The average Bonchev–Trinajstić information content (AvgIpc) is 3.27. The molecule has 0 saturated carbocycles. The van der Waals surface area contributed by atoms with Crippen molar-refractivity contribution in [2.24, 2.45) is 4.40 Å². The van der Waals surface area contributed by atoms with E-state index in [0.717, 1.165) is 52.8 Å². The summed E-state index contributed by atoms with van der Waals surface area (Å²) in [6, 6.07) is 24.7. The van der Waals surface area contributed by atoms with Crippen LogP contribution in [-0.4, -0.2) is 46.3 Å². The topological polar surface area (TPSA) is 84.6 Å². The van der Waals surface area contributed by atoms with E-state index in [9.17, 15) is 13.2 Å². The van der Waals surface area contributed by atoms with Crippen molar-refractivity contribution in [3.63, 3.8) is 0 Å². The molecule has 2 aliphatic rings. The second-order valence-corrected chi connectivity index (χ2v) is 12.0. The monoisotopic (exact) mass is 542 g/mol. The number of aromatic nitrogens is 2. The number of nitrogens with zero attached hydrogens (tertiary/aromatic N) is 4. The van der Waals surface area contributed by atoms with Crippen LogP contribution in [0.4, 0.5) is 0 Å². The summed E-state index contributed by atoms with van der Waals surface area (Å²) in [7, 11) is -3.97. The maximum atomic E-state index is 13.3. The van der Waals surface area contributed by atoms with E-state index in [1.807, 2.05) is 41.1 Å². The van der Waals surface area contributed by atoms with Crippen molar-refractivity contribution < 1.29 is 13.2 Å². The summed E-state index contributed by atoms with van der Waals surface area (Å²) >= 11 is 1.16. The molecule has 0 atom stereocenters. The molecule has 9 heteroatoms. The number of benzene rings is 3. The predicted molar refractivity (Wildman–Crippen MR) is 150 cm³/mol. The van der Waals surface area contributed by atoms with Crippen molar-refractivity contribution >= 4 is 32.7 Å². The van der Waals surface area contributed by atoms with Gasteiger partial charge >= 0.3 is 0 Å². The normalized spacial score (nSPS) is 16.4. The summed E-state index contributed by atoms with van der Waals surface area (Å²) in [5.41, 5.74) is 7.53. The number of carbonyl (C=O) groups is 1. The molecule has 1 fully saturated rings. The first kappa shape index (κ1) is 24.6. The van der Waals surface area contributed by atoms with Crippen LogP contribution in [0.1, 0.15) is 22.4 Å². The lowest BCUT2D eigenvalue weighted by molar-refractivity contribution is -0.117. The molecule has 192 valence electrons. The summed E-state index contributed by atoms with van der Waals surface area (Å²) in [4.78, 5) is 13.9. The minimum Gasteiger partial charge on any atom is -0.339 e. The molecule has 4 aromatic rings. The third-order valence-electron chi connectivity index (χ3n) is 6.95. The molecule has 0 radical (unpaired) electrons. The number of aryl methyl sites for hydroxylation is 1. The van der Waals surface area contributed by atoms with E-state index in [1.165, 1.54) is 11.1 Å². The fourth-order valence-corrected chi connectivity index (χ4v) is 7.12. The van der Waals surface area contributed by atoms with Crippen molar-refractivity contribution in [1.82, 2.24) is 14.7 Å². The number of amidine groups is 1. The van der Waals surface area contributed by atoms with Crippen molar-refractivity contribution in [3.05, 3.63) is 101 Å². The molecular weight excluding hydrogens is 516 g/mol. The van der Waals surface area contributed by atoms with E-state index in [-0.39, 0.29) is 23.0 Å². The number of ketones is 1.